The molecule has 1 aromatic carbocycles. The molecule has 7 heteroatoms. The molecular formula is C22H24N4O2S. The molecule has 6 nitrogen and oxygen atoms in total. The van der Waals surface area contributed by atoms with E-state index in [0.717, 1.165) is 29.1 Å². The molecule has 0 saturated carbocycles. The Labute approximate surface area is 170 Å². The summed E-state index contributed by atoms with van der Waals surface area (Å²) >= 11 is 0. The second-order valence-electron chi connectivity index (χ2n) is 7.46. The molecule has 2 heterocycles. The predicted octanol–water partition coefficient (Wildman–Crippen LogP) is 4.80. The fourth-order valence-electron chi connectivity index (χ4n) is 3.45. The Kier molecular flexibility index (Phi) is 4.78. The summed E-state index contributed by atoms with van der Waals surface area (Å²) in [6.45, 7) is 7.80. The second kappa shape index (κ2) is 7.15. The summed E-state index contributed by atoms with van der Waals surface area (Å²) in [5.74, 6) is 0.295. The van der Waals surface area contributed by atoms with E-state index in [1.165, 1.54) is 5.57 Å². The molecule has 4 rings (SSSR count). The molecule has 1 N–H and O–H groups in total. The second-order valence-corrected chi connectivity index (χ2v) is 9.40. The Morgan fingerprint density at radius 1 is 1.00 bits per heavy atom. The molecule has 0 atom stereocenters. The first-order chi connectivity index (χ1) is 13.8. The van der Waals surface area contributed by atoms with Crippen LogP contribution in [0, 0.1) is 20.8 Å². The Hall–Kier alpha value is -2.93. The number of nitrogens with zero attached hydrogens (tertiary/aromatic N) is 3. The lowest BCUT2D eigenvalue weighted by Crippen LogP contribution is -2.10. The number of nitrogens with one attached hydrogen (secondary N) is 1. The van der Waals surface area contributed by atoms with E-state index in [1.807, 2.05) is 64.1 Å². The molecule has 3 aromatic rings. The molecule has 0 saturated heterocycles. The van der Waals surface area contributed by atoms with Crippen LogP contribution in [0.3, 0.4) is 0 Å². The Morgan fingerprint density at radius 2 is 1.72 bits per heavy atom. The predicted molar refractivity (Wildman–Crippen MR) is 115 cm³/mol. The minimum Gasteiger partial charge on any atom is -0.338 e. The van der Waals surface area contributed by atoms with Crippen LogP contribution in [-0.4, -0.2) is 23.0 Å². The largest absolute Gasteiger partial charge is 0.338 e. The zero-order chi connectivity index (χ0) is 20.8. The van der Waals surface area contributed by atoms with Gasteiger partial charge in [0.1, 0.15) is 0 Å². The molecule has 0 aliphatic heterocycles. The molecule has 0 bridgehead atoms. The van der Waals surface area contributed by atoms with Crippen molar-refractivity contribution in [2.75, 3.05) is 5.32 Å². The molecular weight excluding hydrogens is 384 g/mol. The smallest absolute Gasteiger partial charge is 0.210 e. The van der Waals surface area contributed by atoms with Crippen molar-refractivity contribution in [1.29, 1.82) is 0 Å². The molecule has 0 spiro atoms. The summed E-state index contributed by atoms with van der Waals surface area (Å²) in [7, 11) is -3.76. The normalized spacial score (nSPS) is 14.6. The lowest BCUT2D eigenvalue weighted by Gasteiger charge is -2.14. The molecule has 1 aliphatic rings. The van der Waals surface area contributed by atoms with Gasteiger partial charge in [0, 0.05) is 22.0 Å². The van der Waals surface area contributed by atoms with Crippen molar-refractivity contribution < 1.29 is 8.42 Å². The van der Waals surface area contributed by atoms with Gasteiger partial charge in [-0.1, -0.05) is 29.8 Å². The molecule has 2 aromatic heterocycles. The zero-order valence-corrected chi connectivity index (χ0v) is 17.8. The van der Waals surface area contributed by atoms with Crippen molar-refractivity contribution in [2.24, 2.45) is 0 Å². The molecule has 150 valence electrons. The van der Waals surface area contributed by atoms with E-state index in [-0.39, 0.29) is 4.90 Å². The van der Waals surface area contributed by atoms with Gasteiger partial charge in [-0.05, 0) is 64.3 Å². The number of aryl methyl sites for hydroxylation is 2. The fraction of sp³-hybridized carbons (Fsp3) is 0.273. The number of sulfone groups is 1. The molecule has 0 amide bonds. The van der Waals surface area contributed by atoms with E-state index in [1.54, 1.807) is 10.6 Å². The number of aromatic nitrogens is 3. The third-order valence-electron chi connectivity index (χ3n) is 5.47. The van der Waals surface area contributed by atoms with Crippen LogP contribution in [0.1, 0.15) is 36.7 Å². The summed E-state index contributed by atoms with van der Waals surface area (Å²) in [6, 6.07) is 9.45. The van der Waals surface area contributed by atoms with Gasteiger partial charge >= 0.3 is 0 Å². The van der Waals surface area contributed by atoms with Gasteiger partial charge in [0.15, 0.2) is 16.4 Å². The van der Waals surface area contributed by atoms with E-state index >= 15 is 0 Å². The van der Waals surface area contributed by atoms with Crippen LogP contribution in [-0.2, 0) is 9.84 Å². The van der Waals surface area contributed by atoms with Gasteiger partial charge in [-0.25, -0.2) is 17.9 Å². The summed E-state index contributed by atoms with van der Waals surface area (Å²) in [5.41, 5.74) is 4.96. The van der Waals surface area contributed by atoms with E-state index < -0.39 is 9.84 Å². The van der Waals surface area contributed by atoms with Gasteiger partial charge in [-0.15, -0.1) is 5.10 Å². The summed E-state index contributed by atoms with van der Waals surface area (Å²) in [6.07, 6.45) is 4.80. The lowest BCUT2D eigenvalue weighted by molar-refractivity contribution is 0.600. The highest BCUT2D eigenvalue weighted by Gasteiger charge is 2.32. The standard InChI is InChI=1S/C22H24N4O2S/c1-14-10-12-19(13-11-14)29(27,28)20-21(24-18-8-6-5-7-9-18)25-26-17(4)15(2)16(3)23-22(20)26/h5-10,12H,11,13H2,1-4H3,(H,24,25). The number of allylic oxidation sites excluding steroid dienone is 4. The number of hydrogen-bond acceptors (Lipinski definition) is 5. The zero-order valence-electron chi connectivity index (χ0n) is 17.0. The van der Waals surface area contributed by atoms with Crippen LogP contribution in [0.25, 0.3) is 5.65 Å². The van der Waals surface area contributed by atoms with Crippen molar-refractivity contribution in [3.8, 4) is 0 Å². The first-order valence-electron chi connectivity index (χ1n) is 9.59. The molecule has 0 fully saturated rings. The maximum atomic E-state index is 13.7. The molecule has 1 aliphatic carbocycles. The molecule has 0 radical (unpaired) electrons. The van der Waals surface area contributed by atoms with Crippen LogP contribution in [0.15, 0.2) is 57.9 Å². The van der Waals surface area contributed by atoms with Gasteiger partial charge in [0.05, 0.1) is 0 Å². The minimum absolute atomic E-state index is 0.131. The molecule has 29 heavy (non-hydrogen) atoms. The highest BCUT2D eigenvalue weighted by molar-refractivity contribution is 7.95. The quantitative estimate of drug-likeness (QED) is 0.671. The van der Waals surface area contributed by atoms with E-state index in [9.17, 15) is 8.42 Å². The third-order valence-corrected chi connectivity index (χ3v) is 7.41. The first-order valence-corrected chi connectivity index (χ1v) is 11.1. The van der Waals surface area contributed by atoms with Crippen LogP contribution in [0.2, 0.25) is 0 Å². The van der Waals surface area contributed by atoms with Gasteiger partial charge in [0.25, 0.3) is 0 Å². The third kappa shape index (κ3) is 3.35. The summed E-state index contributed by atoms with van der Waals surface area (Å²) in [4.78, 5) is 5.14. The van der Waals surface area contributed by atoms with Gasteiger partial charge in [-0.3, -0.25) is 0 Å². The Balaban J connectivity index is 1.99. The van der Waals surface area contributed by atoms with Crippen molar-refractivity contribution in [2.45, 2.75) is 45.4 Å². The monoisotopic (exact) mass is 408 g/mol. The average Bonchev–Trinajstić information content (AvgIpc) is 3.06. The number of anilines is 2. The topological polar surface area (TPSA) is 76.4 Å². The Morgan fingerprint density at radius 3 is 2.38 bits per heavy atom. The highest BCUT2D eigenvalue weighted by Crippen LogP contribution is 2.36. The van der Waals surface area contributed by atoms with E-state index in [2.05, 4.69) is 15.4 Å². The van der Waals surface area contributed by atoms with Crippen molar-refractivity contribution >= 4 is 27.0 Å². The van der Waals surface area contributed by atoms with Gasteiger partial charge in [0.2, 0.25) is 9.84 Å². The number of hydrogen-bond donors (Lipinski definition) is 1. The fourth-order valence-corrected chi connectivity index (χ4v) is 5.05. The lowest BCUT2D eigenvalue weighted by atomic mass is 10.1. The number of fused-ring (bicyclic) bond motifs is 1. The summed E-state index contributed by atoms with van der Waals surface area (Å²) in [5, 5.41) is 7.80. The van der Waals surface area contributed by atoms with Crippen LogP contribution < -0.4 is 5.32 Å². The van der Waals surface area contributed by atoms with Gasteiger partial charge < -0.3 is 5.32 Å². The summed E-state index contributed by atoms with van der Waals surface area (Å²) < 4.78 is 28.9. The van der Waals surface area contributed by atoms with Crippen molar-refractivity contribution in [3.05, 3.63) is 69.9 Å². The maximum Gasteiger partial charge on any atom is 0.210 e. The van der Waals surface area contributed by atoms with Crippen LogP contribution in [0.5, 0.6) is 0 Å². The average molecular weight is 409 g/mol. The molecule has 0 unspecified atom stereocenters. The number of para-hydroxylation sites is 1. The Bertz CT molecular complexity index is 1270. The van der Waals surface area contributed by atoms with Gasteiger partial charge in [-0.2, -0.15) is 0 Å². The number of benzene rings is 1. The first kappa shape index (κ1) is 19.4. The van der Waals surface area contributed by atoms with Crippen LogP contribution >= 0.6 is 0 Å². The van der Waals surface area contributed by atoms with Crippen molar-refractivity contribution in [1.82, 2.24) is 14.6 Å². The highest BCUT2D eigenvalue weighted by atomic mass is 32.2. The SMILES string of the molecule is CC1=CC=C(S(=O)(=O)c2c(Nc3ccccc3)nn3c(C)c(C)c(C)nc23)CC1. The maximum absolute atomic E-state index is 13.7. The van der Waals surface area contributed by atoms with Crippen LogP contribution in [0.4, 0.5) is 11.5 Å². The minimum atomic E-state index is -3.76. The van der Waals surface area contributed by atoms with E-state index in [4.69, 9.17) is 0 Å². The van der Waals surface area contributed by atoms with E-state index in [0.29, 0.717) is 22.8 Å². The number of rotatable bonds is 4. The van der Waals surface area contributed by atoms with Crippen molar-refractivity contribution in [3.63, 3.8) is 0 Å².